The second kappa shape index (κ2) is 7.76. The van der Waals surface area contributed by atoms with Gasteiger partial charge in [0, 0.05) is 28.8 Å². The number of rotatable bonds is 5. The molecule has 3 aromatic carbocycles. The first-order valence-corrected chi connectivity index (χ1v) is 9.75. The Morgan fingerprint density at radius 3 is 1.97 bits per heavy atom. The molecule has 0 amide bonds. The maximum atomic E-state index is 10.9. The third-order valence-corrected chi connectivity index (χ3v) is 5.02. The molecule has 2 aromatic heterocycles. The summed E-state index contributed by atoms with van der Waals surface area (Å²) in [5.41, 5.74) is 4.59. The number of nitro groups is 1. The number of furan rings is 1. The minimum absolute atomic E-state index is 0.0431. The number of hydrogen-bond acceptors (Lipinski definition) is 4. The van der Waals surface area contributed by atoms with Gasteiger partial charge in [0.1, 0.15) is 5.76 Å². The van der Waals surface area contributed by atoms with Crippen LogP contribution in [0.2, 0.25) is 0 Å². The van der Waals surface area contributed by atoms with Crippen LogP contribution in [0.4, 0.5) is 5.69 Å². The van der Waals surface area contributed by atoms with E-state index in [4.69, 9.17) is 9.40 Å². The Bertz CT molecular complexity index is 1280. The average Bonchev–Trinajstić information content (AvgIpc) is 3.48. The number of nitro benzene ring substituents is 1. The Kier molecular flexibility index (Phi) is 4.65. The van der Waals surface area contributed by atoms with Crippen LogP contribution in [0.5, 0.6) is 0 Å². The van der Waals surface area contributed by atoms with Crippen molar-refractivity contribution < 1.29 is 9.34 Å². The standard InChI is InChI=1S/C25H17N3O3/c29-28(30)20-13-11-17(12-14-20)21-15-16-22(31-21)25-26-23(18-7-3-1-4-8-18)24(27-25)19-9-5-2-6-10-19/h1-16H,(H,26,27). The monoisotopic (exact) mass is 407 g/mol. The van der Waals surface area contributed by atoms with Crippen molar-refractivity contribution in [3.63, 3.8) is 0 Å². The van der Waals surface area contributed by atoms with E-state index in [1.54, 1.807) is 12.1 Å². The first-order chi connectivity index (χ1) is 15.2. The second-order valence-corrected chi connectivity index (χ2v) is 7.01. The van der Waals surface area contributed by atoms with E-state index in [9.17, 15) is 10.1 Å². The first-order valence-electron chi connectivity index (χ1n) is 9.75. The maximum absolute atomic E-state index is 10.9. The molecule has 0 aliphatic heterocycles. The number of aromatic nitrogens is 2. The summed E-state index contributed by atoms with van der Waals surface area (Å²) in [6.07, 6.45) is 0. The van der Waals surface area contributed by atoms with Crippen LogP contribution in [0.15, 0.2) is 101 Å². The summed E-state index contributed by atoms with van der Waals surface area (Å²) in [6, 6.07) is 30.0. The minimum atomic E-state index is -0.420. The lowest BCUT2D eigenvalue weighted by molar-refractivity contribution is -0.384. The third-order valence-electron chi connectivity index (χ3n) is 5.02. The van der Waals surface area contributed by atoms with Gasteiger partial charge >= 0.3 is 0 Å². The Balaban J connectivity index is 1.56. The first kappa shape index (κ1) is 18.6. The van der Waals surface area contributed by atoms with Crippen molar-refractivity contribution in [2.24, 2.45) is 0 Å². The third kappa shape index (κ3) is 3.62. The molecule has 0 saturated carbocycles. The lowest BCUT2D eigenvalue weighted by Crippen LogP contribution is -1.86. The normalized spacial score (nSPS) is 10.8. The molecule has 0 spiro atoms. The summed E-state index contributed by atoms with van der Waals surface area (Å²) in [6.45, 7) is 0. The van der Waals surface area contributed by atoms with Gasteiger partial charge in [-0.3, -0.25) is 10.1 Å². The van der Waals surface area contributed by atoms with Crippen LogP contribution in [-0.2, 0) is 0 Å². The molecule has 6 nitrogen and oxygen atoms in total. The van der Waals surface area contributed by atoms with Crippen molar-refractivity contribution >= 4 is 5.69 Å². The molecule has 0 aliphatic rings. The van der Waals surface area contributed by atoms with E-state index >= 15 is 0 Å². The largest absolute Gasteiger partial charge is 0.453 e. The number of benzene rings is 3. The summed E-state index contributed by atoms with van der Waals surface area (Å²) in [5.74, 6) is 1.82. The fourth-order valence-electron chi connectivity index (χ4n) is 3.48. The quantitative estimate of drug-likeness (QED) is 0.263. The van der Waals surface area contributed by atoms with E-state index in [2.05, 4.69) is 4.98 Å². The number of hydrogen-bond donors (Lipinski definition) is 1. The predicted molar refractivity (Wildman–Crippen MR) is 119 cm³/mol. The van der Waals surface area contributed by atoms with E-state index in [1.807, 2.05) is 72.8 Å². The number of imidazole rings is 1. The number of non-ortho nitro benzene ring substituents is 1. The molecule has 0 saturated heterocycles. The van der Waals surface area contributed by atoms with Crippen LogP contribution >= 0.6 is 0 Å². The Labute approximate surface area is 178 Å². The maximum Gasteiger partial charge on any atom is 0.269 e. The van der Waals surface area contributed by atoms with Crippen LogP contribution in [0.3, 0.4) is 0 Å². The number of nitrogens with zero attached hydrogens (tertiary/aromatic N) is 2. The molecule has 6 heteroatoms. The van der Waals surface area contributed by atoms with Gasteiger partial charge in [0.2, 0.25) is 0 Å². The average molecular weight is 407 g/mol. The molecule has 150 valence electrons. The molecule has 31 heavy (non-hydrogen) atoms. The molecule has 2 heterocycles. The highest BCUT2D eigenvalue weighted by Crippen LogP contribution is 2.34. The van der Waals surface area contributed by atoms with Crippen molar-refractivity contribution in [1.29, 1.82) is 0 Å². The minimum Gasteiger partial charge on any atom is -0.453 e. The lowest BCUT2D eigenvalue weighted by Gasteiger charge is -2.02. The molecular weight excluding hydrogens is 390 g/mol. The fourth-order valence-corrected chi connectivity index (χ4v) is 3.48. The molecular formula is C25H17N3O3. The molecule has 0 radical (unpaired) electrons. The summed E-state index contributed by atoms with van der Waals surface area (Å²) >= 11 is 0. The van der Waals surface area contributed by atoms with Gasteiger partial charge in [-0.15, -0.1) is 0 Å². The molecule has 0 bridgehead atoms. The second-order valence-electron chi connectivity index (χ2n) is 7.01. The van der Waals surface area contributed by atoms with Crippen molar-refractivity contribution in [1.82, 2.24) is 9.97 Å². The van der Waals surface area contributed by atoms with Crippen LogP contribution in [0.1, 0.15) is 0 Å². The van der Waals surface area contributed by atoms with E-state index in [0.29, 0.717) is 17.3 Å². The molecule has 5 aromatic rings. The van der Waals surface area contributed by atoms with Gasteiger partial charge in [-0.1, -0.05) is 60.7 Å². The van der Waals surface area contributed by atoms with Crippen LogP contribution in [0, 0.1) is 10.1 Å². The Hall–Kier alpha value is -4.45. The van der Waals surface area contributed by atoms with E-state index in [-0.39, 0.29) is 5.69 Å². The van der Waals surface area contributed by atoms with Gasteiger partial charge in [-0.05, 0) is 24.3 Å². The highest BCUT2D eigenvalue weighted by molar-refractivity contribution is 5.80. The van der Waals surface area contributed by atoms with Crippen molar-refractivity contribution in [3.8, 4) is 45.4 Å². The highest BCUT2D eigenvalue weighted by Gasteiger charge is 2.17. The zero-order valence-corrected chi connectivity index (χ0v) is 16.4. The molecule has 0 atom stereocenters. The zero-order valence-electron chi connectivity index (χ0n) is 16.4. The molecule has 0 aliphatic carbocycles. The van der Waals surface area contributed by atoms with Gasteiger partial charge in [0.05, 0.1) is 16.3 Å². The topological polar surface area (TPSA) is 85.0 Å². The molecule has 0 fully saturated rings. The smallest absolute Gasteiger partial charge is 0.269 e. The van der Waals surface area contributed by atoms with Gasteiger partial charge < -0.3 is 9.40 Å². The summed E-state index contributed by atoms with van der Waals surface area (Å²) in [4.78, 5) is 18.7. The van der Waals surface area contributed by atoms with Crippen LogP contribution < -0.4 is 0 Å². The molecule has 1 N–H and O–H groups in total. The highest BCUT2D eigenvalue weighted by atomic mass is 16.6. The Morgan fingerprint density at radius 1 is 0.710 bits per heavy atom. The zero-order chi connectivity index (χ0) is 21.2. The molecule has 0 unspecified atom stereocenters. The SMILES string of the molecule is O=[N+]([O-])c1ccc(-c2ccc(-c3nc(-c4ccccc4)c(-c4ccccc4)[nH]3)o2)cc1. The summed E-state index contributed by atoms with van der Waals surface area (Å²) < 4.78 is 6.03. The fraction of sp³-hybridized carbons (Fsp3) is 0. The van der Waals surface area contributed by atoms with Crippen LogP contribution in [0.25, 0.3) is 45.4 Å². The number of nitrogens with one attached hydrogen (secondary N) is 1. The van der Waals surface area contributed by atoms with Gasteiger partial charge in [0.25, 0.3) is 5.69 Å². The van der Waals surface area contributed by atoms with Crippen molar-refractivity contribution in [2.45, 2.75) is 0 Å². The van der Waals surface area contributed by atoms with Gasteiger partial charge in [-0.2, -0.15) is 0 Å². The van der Waals surface area contributed by atoms with E-state index in [1.165, 1.54) is 12.1 Å². The van der Waals surface area contributed by atoms with Crippen LogP contribution in [-0.4, -0.2) is 14.9 Å². The van der Waals surface area contributed by atoms with Crippen molar-refractivity contribution in [3.05, 3.63) is 107 Å². The van der Waals surface area contributed by atoms with Crippen molar-refractivity contribution in [2.75, 3.05) is 0 Å². The summed E-state index contributed by atoms with van der Waals surface area (Å²) in [7, 11) is 0. The van der Waals surface area contributed by atoms with Gasteiger partial charge in [-0.25, -0.2) is 4.98 Å². The van der Waals surface area contributed by atoms with E-state index < -0.39 is 4.92 Å². The van der Waals surface area contributed by atoms with E-state index in [0.717, 1.165) is 28.1 Å². The molecule has 5 rings (SSSR count). The number of aromatic amines is 1. The van der Waals surface area contributed by atoms with Gasteiger partial charge in [0.15, 0.2) is 11.6 Å². The Morgan fingerprint density at radius 2 is 1.32 bits per heavy atom. The number of H-pyrrole nitrogens is 1. The predicted octanol–water partition coefficient (Wildman–Crippen LogP) is 6.58. The lowest BCUT2D eigenvalue weighted by atomic mass is 10.1. The summed E-state index contributed by atoms with van der Waals surface area (Å²) in [5, 5.41) is 10.9.